The monoisotopic (exact) mass is 493 g/mol. The second-order valence-corrected chi connectivity index (χ2v) is 9.95. The van der Waals surface area contributed by atoms with E-state index in [-0.39, 0.29) is 24.6 Å². The SMILES string of the molecule is CN(C)CCNCC(=O)CNc1cc(C(F)(F)F)cc2c1Nc1ccc(N3CCCC3)cc1S2. The van der Waals surface area contributed by atoms with Crippen molar-refractivity contribution in [3.8, 4) is 0 Å². The minimum Gasteiger partial charge on any atom is -0.376 e. The van der Waals surface area contributed by atoms with Crippen molar-refractivity contribution in [1.29, 1.82) is 0 Å². The number of anilines is 4. The van der Waals surface area contributed by atoms with E-state index in [1.54, 1.807) is 0 Å². The van der Waals surface area contributed by atoms with Crippen LogP contribution in [0.25, 0.3) is 0 Å². The Labute approximate surface area is 202 Å². The van der Waals surface area contributed by atoms with Crippen LogP contribution in [0.5, 0.6) is 0 Å². The Kier molecular flexibility index (Phi) is 7.59. The summed E-state index contributed by atoms with van der Waals surface area (Å²) in [6.45, 7) is 3.55. The van der Waals surface area contributed by atoms with Gasteiger partial charge in [-0.3, -0.25) is 4.79 Å². The van der Waals surface area contributed by atoms with Crippen LogP contribution in [0.1, 0.15) is 18.4 Å². The lowest BCUT2D eigenvalue weighted by Gasteiger charge is -2.27. The van der Waals surface area contributed by atoms with Gasteiger partial charge in [0.05, 0.1) is 35.7 Å². The molecule has 2 aromatic carbocycles. The van der Waals surface area contributed by atoms with Crippen molar-refractivity contribution in [2.75, 3.05) is 68.9 Å². The van der Waals surface area contributed by atoms with Crippen molar-refractivity contribution in [3.63, 3.8) is 0 Å². The number of likely N-dealkylation sites (N-methyl/N-ethyl adjacent to an activating group) is 1. The Hall–Kier alpha value is -2.43. The van der Waals surface area contributed by atoms with E-state index in [0.717, 1.165) is 54.8 Å². The van der Waals surface area contributed by atoms with Gasteiger partial charge in [0.1, 0.15) is 0 Å². The zero-order chi connectivity index (χ0) is 24.3. The minimum absolute atomic E-state index is 0.0597. The van der Waals surface area contributed by atoms with E-state index in [1.807, 2.05) is 37.2 Å². The first-order valence-electron chi connectivity index (χ1n) is 11.4. The maximum Gasteiger partial charge on any atom is 0.416 e. The first-order valence-corrected chi connectivity index (χ1v) is 12.2. The second kappa shape index (κ2) is 10.5. The number of hydrogen-bond donors (Lipinski definition) is 3. The van der Waals surface area contributed by atoms with Gasteiger partial charge in [0.2, 0.25) is 0 Å². The average molecular weight is 494 g/mol. The summed E-state index contributed by atoms with van der Waals surface area (Å²) in [5.74, 6) is -0.121. The van der Waals surface area contributed by atoms with Gasteiger partial charge in [-0.2, -0.15) is 13.2 Å². The number of ketones is 1. The van der Waals surface area contributed by atoms with E-state index >= 15 is 0 Å². The molecule has 1 fully saturated rings. The Bertz CT molecular complexity index is 1040. The number of rotatable bonds is 9. The van der Waals surface area contributed by atoms with E-state index < -0.39 is 11.7 Å². The van der Waals surface area contributed by atoms with Crippen LogP contribution in [0, 0.1) is 0 Å². The van der Waals surface area contributed by atoms with E-state index in [0.29, 0.717) is 17.1 Å². The maximum atomic E-state index is 13.6. The summed E-state index contributed by atoms with van der Waals surface area (Å²) in [6, 6.07) is 8.30. The molecule has 0 aliphatic carbocycles. The molecule has 0 bridgehead atoms. The first-order chi connectivity index (χ1) is 16.2. The lowest BCUT2D eigenvalue weighted by Crippen LogP contribution is -2.33. The fourth-order valence-electron chi connectivity index (χ4n) is 4.04. The molecule has 0 unspecified atom stereocenters. The number of Topliss-reactive ketones (excluding diaryl/α,β-unsaturated/α-hetero) is 1. The molecule has 0 radical (unpaired) electrons. The number of hydrogen-bond acceptors (Lipinski definition) is 7. The molecular weight excluding hydrogens is 463 g/mol. The quantitative estimate of drug-likeness (QED) is 0.375. The van der Waals surface area contributed by atoms with E-state index in [1.165, 1.54) is 17.8 Å². The topological polar surface area (TPSA) is 59.6 Å². The number of nitrogens with one attached hydrogen (secondary N) is 3. The molecule has 0 atom stereocenters. The molecule has 0 amide bonds. The van der Waals surface area contributed by atoms with Crippen LogP contribution in [-0.2, 0) is 11.0 Å². The summed E-state index contributed by atoms with van der Waals surface area (Å²) in [6.07, 6.45) is -2.18. The van der Waals surface area contributed by atoms with Crippen molar-refractivity contribution in [2.45, 2.75) is 28.8 Å². The molecule has 0 spiro atoms. The van der Waals surface area contributed by atoms with E-state index in [9.17, 15) is 18.0 Å². The summed E-state index contributed by atoms with van der Waals surface area (Å²) < 4.78 is 40.9. The molecule has 0 aromatic heterocycles. The highest BCUT2D eigenvalue weighted by molar-refractivity contribution is 7.99. The number of benzene rings is 2. The lowest BCUT2D eigenvalue weighted by atomic mass is 10.1. The second-order valence-electron chi connectivity index (χ2n) is 8.87. The first kappa shape index (κ1) is 24.7. The lowest BCUT2D eigenvalue weighted by molar-refractivity contribution is -0.137. The van der Waals surface area contributed by atoms with Crippen LogP contribution in [0.3, 0.4) is 0 Å². The summed E-state index contributed by atoms with van der Waals surface area (Å²) in [7, 11) is 3.89. The van der Waals surface area contributed by atoms with Crippen LogP contribution >= 0.6 is 11.8 Å². The Morgan fingerprint density at radius 1 is 1.12 bits per heavy atom. The standard InChI is InChI=1S/C24H30F3N5OS/c1-31(2)10-7-28-14-18(33)15-29-20-11-16(24(25,26)27)12-22-23(20)30-19-6-5-17(13-21(19)34-22)32-8-3-4-9-32/h5-6,11-13,28-30H,3-4,7-10,14-15H2,1-2H3. The van der Waals surface area contributed by atoms with Crippen LogP contribution in [0.2, 0.25) is 0 Å². The van der Waals surface area contributed by atoms with Crippen LogP contribution < -0.4 is 20.9 Å². The van der Waals surface area contributed by atoms with Crippen molar-refractivity contribution in [1.82, 2.24) is 10.2 Å². The van der Waals surface area contributed by atoms with E-state index in [2.05, 4.69) is 20.9 Å². The van der Waals surface area contributed by atoms with Gasteiger partial charge in [-0.25, -0.2) is 0 Å². The Morgan fingerprint density at radius 2 is 1.88 bits per heavy atom. The highest BCUT2D eigenvalue weighted by Gasteiger charge is 2.33. The minimum atomic E-state index is -4.48. The number of nitrogens with zero attached hydrogens (tertiary/aromatic N) is 2. The number of carbonyl (C=O) groups is 1. The molecule has 4 rings (SSSR count). The molecule has 0 saturated carbocycles. The van der Waals surface area contributed by atoms with Crippen molar-refractivity contribution in [3.05, 3.63) is 35.9 Å². The molecular formula is C24H30F3N5OS. The van der Waals surface area contributed by atoms with Gasteiger partial charge < -0.3 is 25.8 Å². The van der Waals surface area contributed by atoms with Gasteiger partial charge in [0, 0.05) is 41.7 Å². The fraction of sp³-hybridized carbons (Fsp3) is 0.458. The largest absolute Gasteiger partial charge is 0.416 e. The molecule has 1 saturated heterocycles. The zero-order valence-electron chi connectivity index (χ0n) is 19.4. The summed E-state index contributed by atoms with van der Waals surface area (Å²) >= 11 is 1.32. The predicted molar refractivity (Wildman–Crippen MR) is 132 cm³/mol. The highest BCUT2D eigenvalue weighted by Crippen LogP contribution is 2.50. The summed E-state index contributed by atoms with van der Waals surface area (Å²) in [5, 5.41) is 9.29. The van der Waals surface area contributed by atoms with Crippen molar-refractivity contribution in [2.24, 2.45) is 0 Å². The number of fused-ring (bicyclic) bond motifs is 2. The van der Waals surface area contributed by atoms with Gasteiger partial charge in [-0.15, -0.1) is 0 Å². The third-order valence-electron chi connectivity index (χ3n) is 5.88. The average Bonchev–Trinajstić information content (AvgIpc) is 3.32. The molecule has 3 N–H and O–H groups in total. The molecule has 34 heavy (non-hydrogen) atoms. The van der Waals surface area contributed by atoms with Crippen molar-refractivity contribution >= 4 is 40.3 Å². The molecule has 2 aromatic rings. The predicted octanol–water partition coefficient (Wildman–Crippen LogP) is 4.65. The highest BCUT2D eigenvalue weighted by atomic mass is 32.2. The number of carbonyl (C=O) groups excluding carboxylic acids is 1. The Balaban J connectivity index is 1.52. The fourth-order valence-corrected chi connectivity index (χ4v) is 5.13. The zero-order valence-corrected chi connectivity index (χ0v) is 20.2. The summed E-state index contributed by atoms with van der Waals surface area (Å²) in [4.78, 5) is 18.0. The molecule has 6 nitrogen and oxygen atoms in total. The third-order valence-corrected chi connectivity index (χ3v) is 6.98. The van der Waals surface area contributed by atoms with Gasteiger partial charge in [0.15, 0.2) is 5.78 Å². The molecule has 10 heteroatoms. The van der Waals surface area contributed by atoms with Gasteiger partial charge in [-0.05, 0) is 57.3 Å². The third kappa shape index (κ3) is 5.97. The van der Waals surface area contributed by atoms with Gasteiger partial charge >= 0.3 is 6.18 Å². The molecule has 2 aliphatic heterocycles. The van der Waals surface area contributed by atoms with Crippen LogP contribution in [-0.4, -0.2) is 64.0 Å². The summed E-state index contributed by atoms with van der Waals surface area (Å²) in [5.41, 5.74) is 2.03. The Morgan fingerprint density at radius 3 is 2.59 bits per heavy atom. The van der Waals surface area contributed by atoms with Crippen LogP contribution in [0.4, 0.5) is 35.9 Å². The number of halogens is 3. The normalized spacial score (nSPS) is 15.2. The van der Waals surface area contributed by atoms with Gasteiger partial charge in [0.25, 0.3) is 0 Å². The van der Waals surface area contributed by atoms with Crippen molar-refractivity contribution < 1.29 is 18.0 Å². The molecule has 2 heterocycles. The van der Waals surface area contributed by atoms with Crippen LogP contribution in [0.15, 0.2) is 40.1 Å². The smallest absolute Gasteiger partial charge is 0.376 e. The molecule has 2 aliphatic rings. The van der Waals surface area contributed by atoms with E-state index in [4.69, 9.17) is 0 Å². The van der Waals surface area contributed by atoms with Gasteiger partial charge in [-0.1, -0.05) is 11.8 Å². The number of alkyl halides is 3. The molecule has 184 valence electrons. The maximum absolute atomic E-state index is 13.6.